The maximum absolute atomic E-state index is 12.7. The highest BCUT2D eigenvalue weighted by Crippen LogP contribution is 2.61. The molecule has 0 fully saturated rings. The summed E-state index contributed by atoms with van der Waals surface area (Å²) in [5.41, 5.74) is 0. The lowest BCUT2D eigenvalue weighted by Gasteiger charge is -2.29. The Morgan fingerprint density at radius 2 is 2.06 bits per heavy atom. The summed E-state index contributed by atoms with van der Waals surface area (Å²) in [4.78, 5) is 12.2. The first-order valence-electron chi connectivity index (χ1n) is 5.68. The van der Waals surface area contributed by atoms with E-state index in [9.17, 15) is 9.36 Å². The van der Waals surface area contributed by atoms with Gasteiger partial charge in [0.1, 0.15) is 5.76 Å². The van der Waals surface area contributed by atoms with Crippen LogP contribution in [0.15, 0.2) is 22.8 Å². The second-order valence-corrected chi connectivity index (χ2v) is 5.62. The van der Waals surface area contributed by atoms with E-state index in [2.05, 4.69) is 0 Å². The number of rotatable bonds is 8. The van der Waals surface area contributed by atoms with Crippen LogP contribution in [0.3, 0.4) is 0 Å². The summed E-state index contributed by atoms with van der Waals surface area (Å²) in [6, 6.07) is 3.29. The molecule has 0 aromatic carbocycles. The van der Waals surface area contributed by atoms with Crippen LogP contribution >= 0.6 is 7.60 Å². The van der Waals surface area contributed by atoms with Gasteiger partial charge in [-0.1, -0.05) is 0 Å². The maximum Gasteiger partial charge on any atom is 0.360 e. The average molecular weight is 275 g/mol. The summed E-state index contributed by atoms with van der Waals surface area (Å²) in [5, 5.41) is 0. The predicted molar refractivity (Wildman–Crippen MR) is 66.1 cm³/mol. The van der Waals surface area contributed by atoms with E-state index in [-0.39, 0.29) is 13.2 Å². The maximum atomic E-state index is 12.7. The smallest absolute Gasteiger partial charge is 0.360 e. The van der Waals surface area contributed by atoms with Gasteiger partial charge < -0.3 is 18.4 Å². The molecule has 0 aliphatic rings. The highest BCUT2D eigenvalue weighted by atomic mass is 31.2. The van der Waals surface area contributed by atoms with E-state index in [0.717, 1.165) is 0 Å². The van der Waals surface area contributed by atoms with Crippen molar-refractivity contribution < 1.29 is 22.8 Å². The quantitative estimate of drug-likeness (QED) is 0.539. The van der Waals surface area contributed by atoms with Crippen LogP contribution in [0.5, 0.6) is 0 Å². The Kier molecular flexibility index (Phi) is 5.59. The normalized spacial score (nSPS) is 13.3. The van der Waals surface area contributed by atoms with Crippen molar-refractivity contribution in [3.8, 4) is 0 Å². The van der Waals surface area contributed by atoms with E-state index < -0.39 is 13.4 Å². The molecule has 0 radical (unpaired) electrons. The number of nitrogens with zero attached hydrogens (tertiary/aromatic N) is 1. The first-order chi connectivity index (χ1) is 8.59. The van der Waals surface area contributed by atoms with E-state index in [1.165, 1.54) is 18.2 Å². The van der Waals surface area contributed by atoms with Gasteiger partial charge in [-0.2, -0.15) is 0 Å². The van der Waals surface area contributed by atoms with Crippen molar-refractivity contribution in [1.82, 2.24) is 4.90 Å². The van der Waals surface area contributed by atoms with E-state index in [1.54, 1.807) is 26.0 Å². The largest absolute Gasteiger partial charge is 0.466 e. The molecule has 1 heterocycles. The van der Waals surface area contributed by atoms with Gasteiger partial charge in [0, 0.05) is 7.05 Å². The van der Waals surface area contributed by atoms with Gasteiger partial charge in [0.2, 0.25) is 6.41 Å². The molecule has 1 aromatic heterocycles. The Hall–Kier alpha value is -1.10. The minimum absolute atomic E-state index is 0.223. The lowest BCUT2D eigenvalue weighted by Crippen LogP contribution is -2.24. The minimum atomic E-state index is -3.49. The van der Waals surface area contributed by atoms with Gasteiger partial charge in [-0.25, -0.2) is 0 Å². The third-order valence-electron chi connectivity index (χ3n) is 2.27. The van der Waals surface area contributed by atoms with Crippen molar-refractivity contribution in [2.75, 3.05) is 20.3 Å². The number of amides is 1. The second-order valence-electron chi connectivity index (χ2n) is 3.54. The number of hydrogen-bond donors (Lipinski definition) is 0. The van der Waals surface area contributed by atoms with Crippen molar-refractivity contribution in [2.45, 2.75) is 19.6 Å². The third-order valence-corrected chi connectivity index (χ3v) is 4.72. The Bertz CT molecular complexity index is 396. The van der Waals surface area contributed by atoms with E-state index in [0.29, 0.717) is 12.2 Å². The molecule has 0 spiro atoms. The zero-order valence-electron chi connectivity index (χ0n) is 10.7. The van der Waals surface area contributed by atoms with Crippen LogP contribution in [0.1, 0.15) is 25.4 Å². The lowest BCUT2D eigenvalue weighted by atomic mass is 10.4. The van der Waals surface area contributed by atoms with Crippen LogP contribution in [-0.4, -0.2) is 31.6 Å². The summed E-state index contributed by atoms with van der Waals surface area (Å²) < 4.78 is 28.4. The van der Waals surface area contributed by atoms with E-state index >= 15 is 0 Å². The van der Waals surface area contributed by atoms with Gasteiger partial charge in [0.15, 0.2) is 5.78 Å². The van der Waals surface area contributed by atoms with Gasteiger partial charge in [-0.3, -0.25) is 9.36 Å². The highest BCUT2D eigenvalue weighted by molar-refractivity contribution is 7.54. The topological polar surface area (TPSA) is 69.0 Å². The number of furan rings is 1. The fraction of sp³-hybridized carbons (Fsp3) is 0.545. The van der Waals surface area contributed by atoms with Crippen molar-refractivity contribution in [2.24, 2.45) is 0 Å². The molecule has 0 aliphatic heterocycles. The van der Waals surface area contributed by atoms with Crippen LogP contribution < -0.4 is 0 Å². The summed E-state index contributed by atoms with van der Waals surface area (Å²) in [7, 11) is -1.99. The molecule has 0 bridgehead atoms. The molecule has 0 saturated heterocycles. The Balaban J connectivity index is 3.14. The Morgan fingerprint density at radius 3 is 2.44 bits per heavy atom. The summed E-state index contributed by atoms with van der Waals surface area (Å²) >= 11 is 0. The van der Waals surface area contributed by atoms with Crippen molar-refractivity contribution in [3.05, 3.63) is 24.2 Å². The number of carbonyl (C=O) groups is 1. The van der Waals surface area contributed by atoms with Crippen LogP contribution in [0.2, 0.25) is 0 Å². The first kappa shape index (κ1) is 15.0. The molecule has 1 aromatic rings. The molecule has 0 aliphatic carbocycles. The molecule has 7 heteroatoms. The molecule has 1 atom stereocenters. The SMILES string of the molecule is CCOP(=O)(OCC)[C@H](c1ccco1)N(C)C=O. The second kappa shape index (κ2) is 6.73. The summed E-state index contributed by atoms with van der Waals surface area (Å²) in [5.74, 6) is -0.500. The molecular weight excluding hydrogens is 257 g/mol. The standard InChI is InChI=1S/C11H18NO5P/c1-4-16-18(14,17-5-2)11(12(3)9-13)10-7-6-8-15-10/h6-9,11H,4-5H2,1-3H3/t11-/m1/s1. The van der Waals surface area contributed by atoms with Crippen LogP contribution in [0.25, 0.3) is 0 Å². The Morgan fingerprint density at radius 1 is 1.44 bits per heavy atom. The molecule has 0 unspecified atom stereocenters. The summed E-state index contributed by atoms with van der Waals surface area (Å²) in [6.07, 6.45) is 2.01. The van der Waals surface area contributed by atoms with Gasteiger partial charge in [-0.15, -0.1) is 0 Å². The van der Waals surface area contributed by atoms with Gasteiger partial charge in [0.05, 0.1) is 19.5 Å². The van der Waals surface area contributed by atoms with Gasteiger partial charge >= 0.3 is 7.60 Å². The minimum Gasteiger partial charge on any atom is -0.466 e. The average Bonchev–Trinajstić information content (AvgIpc) is 2.83. The van der Waals surface area contributed by atoms with Crippen molar-refractivity contribution in [3.63, 3.8) is 0 Å². The van der Waals surface area contributed by atoms with Gasteiger partial charge in [0.25, 0.3) is 0 Å². The highest BCUT2D eigenvalue weighted by Gasteiger charge is 2.41. The van der Waals surface area contributed by atoms with Crippen molar-refractivity contribution in [1.29, 1.82) is 0 Å². The molecule has 102 valence electrons. The predicted octanol–water partition coefficient (Wildman–Crippen LogP) is 2.63. The van der Waals surface area contributed by atoms with Crippen LogP contribution in [0.4, 0.5) is 0 Å². The molecule has 1 rings (SSSR count). The van der Waals surface area contributed by atoms with E-state index in [1.807, 2.05) is 0 Å². The van der Waals surface area contributed by atoms with Gasteiger partial charge in [-0.05, 0) is 26.0 Å². The van der Waals surface area contributed by atoms with Crippen LogP contribution in [0, 0.1) is 0 Å². The monoisotopic (exact) mass is 275 g/mol. The number of hydrogen-bond acceptors (Lipinski definition) is 5. The number of carbonyl (C=O) groups excluding carboxylic acids is 1. The third kappa shape index (κ3) is 3.22. The first-order valence-corrected chi connectivity index (χ1v) is 7.29. The molecule has 0 N–H and O–H groups in total. The molecule has 18 heavy (non-hydrogen) atoms. The Labute approximate surface area is 106 Å². The fourth-order valence-electron chi connectivity index (χ4n) is 1.61. The zero-order chi connectivity index (χ0) is 13.6. The van der Waals surface area contributed by atoms with E-state index in [4.69, 9.17) is 13.5 Å². The lowest BCUT2D eigenvalue weighted by molar-refractivity contribution is -0.118. The molecule has 0 saturated carbocycles. The summed E-state index contributed by atoms with van der Waals surface area (Å²) in [6.45, 7) is 3.87. The fourth-order valence-corrected chi connectivity index (χ4v) is 3.65. The van der Waals surface area contributed by atoms with Crippen molar-refractivity contribution >= 4 is 14.0 Å². The zero-order valence-corrected chi connectivity index (χ0v) is 11.6. The molecule has 6 nitrogen and oxygen atoms in total. The molecule has 1 amide bonds. The van der Waals surface area contributed by atoms with Crippen LogP contribution in [-0.2, 0) is 18.4 Å². The molecular formula is C11H18NO5P.